The van der Waals surface area contributed by atoms with Crippen molar-refractivity contribution in [3.8, 4) is 11.5 Å². The summed E-state index contributed by atoms with van der Waals surface area (Å²) in [5.41, 5.74) is 1.06. The maximum Gasteiger partial charge on any atom is 0.166 e. The molecule has 0 saturated carbocycles. The van der Waals surface area contributed by atoms with Crippen LogP contribution in [-0.4, -0.2) is 39.6 Å². The highest BCUT2D eigenvalue weighted by Gasteiger charge is 2.04. The summed E-state index contributed by atoms with van der Waals surface area (Å²) in [4.78, 5) is 0. The smallest absolute Gasteiger partial charge is 0.166 e. The van der Waals surface area contributed by atoms with Crippen LogP contribution in [0.3, 0.4) is 0 Å². The van der Waals surface area contributed by atoms with Crippen molar-refractivity contribution in [3.63, 3.8) is 0 Å². The Bertz CT molecular complexity index is 413. The SMILES string of the molecule is COCCNC(=S)NCc1ccc(OC)c(OC)c1. The van der Waals surface area contributed by atoms with Crippen LogP contribution in [0.15, 0.2) is 18.2 Å². The van der Waals surface area contributed by atoms with E-state index in [1.807, 2.05) is 18.2 Å². The molecule has 0 aromatic heterocycles. The molecule has 0 bridgehead atoms. The van der Waals surface area contributed by atoms with E-state index >= 15 is 0 Å². The van der Waals surface area contributed by atoms with E-state index in [4.69, 9.17) is 26.4 Å². The van der Waals surface area contributed by atoms with Gasteiger partial charge in [0, 0.05) is 20.2 Å². The van der Waals surface area contributed by atoms with Gasteiger partial charge in [-0.25, -0.2) is 0 Å². The number of ether oxygens (including phenoxy) is 3. The lowest BCUT2D eigenvalue weighted by atomic mass is 10.2. The molecule has 19 heavy (non-hydrogen) atoms. The van der Waals surface area contributed by atoms with E-state index in [1.54, 1.807) is 21.3 Å². The third-order valence-corrected chi connectivity index (χ3v) is 2.78. The van der Waals surface area contributed by atoms with E-state index in [9.17, 15) is 0 Å². The van der Waals surface area contributed by atoms with Crippen molar-refractivity contribution < 1.29 is 14.2 Å². The van der Waals surface area contributed by atoms with Crippen molar-refractivity contribution in [1.82, 2.24) is 10.6 Å². The largest absolute Gasteiger partial charge is 0.493 e. The topological polar surface area (TPSA) is 51.8 Å². The van der Waals surface area contributed by atoms with E-state index in [0.29, 0.717) is 36.3 Å². The standard InChI is InChI=1S/C13H20N2O3S/c1-16-7-6-14-13(19)15-9-10-4-5-11(17-2)12(8-10)18-3/h4-5,8H,6-7,9H2,1-3H3,(H2,14,15,19). The minimum atomic E-state index is 0.604. The lowest BCUT2D eigenvalue weighted by molar-refractivity contribution is 0.204. The first kappa shape index (κ1) is 15.5. The summed E-state index contributed by atoms with van der Waals surface area (Å²) in [6.07, 6.45) is 0. The monoisotopic (exact) mass is 284 g/mol. The second kappa shape index (κ2) is 8.55. The normalized spacial score (nSPS) is 9.84. The number of methoxy groups -OCH3 is 3. The van der Waals surface area contributed by atoms with E-state index in [1.165, 1.54) is 0 Å². The van der Waals surface area contributed by atoms with Gasteiger partial charge < -0.3 is 24.8 Å². The number of nitrogens with one attached hydrogen (secondary N) is 2. The van der Waals surface area contributed by atoms with Crippen molar-refractivity contribution in [1.29, 1.82) is 0 Å². The fraction of sp³-hybridized carbons (Fsp3) is 0.462. The van der Waals surface area contributed by atoms with Crippen molar-refractivity contribution in [2.75, 3.05) is 34.5 Å². The van der Waals surface area contributed by atoms with Crippen LogP contribution in [0.1, 0.15) is 5.56 Å². The van der Waals surface area contributed by atoms with Gasteiger partial charge in [-0.2, -0.15) is 0 Å². The molecule has 0 spiro atoms. The van der Waals surface area contributed by atoms with E-state index < -0.39 is 0 Å². The summed E-state index contributed by atoms with van der Waals surface area (Å²) in [5, 5.41) is 6.76. The first-order chi connectivity index (χ1) is 9.21. The molecule has 1 rings (SSSR count). The van der Waals surface area contributed by atoms with Gasteiger partial charge in [0.2, 0.25) is 0 Å². The third kappa shape index (κ3) is 5.32. The molecule has 1 aromatic carbocycles. The van der Waals surface area contributed by atoms with E-state index in [2.05, 4.69) is 10.6 Å². The second-order valence-electron chi connectivity index (χ2n) is 3.79. The Morgan fingerprint density at radius 1 is 1.11 bits per heavy atom. The van der Waals surface area contributed by atoms with Crippen molar-refractivity contribution in [2.24, 2.45) is 0 Å². The summed E-state index contributed by atoms with van der Waals surface area (Å²) in [7, 11) is 4.89. The highest BCUT2D eigenvalue weighted by molar-refractivity contribution is 7.80. The first-order valence-electron chi connectivity index (χ1n) is 5.92. The molecule has 0 radical (unpaired) electrons. The molecule has 1 aromatic rings. The molecule has 5 nitrogen and oxygen atoms in total. The Morgan fingerprint density at radius 2 is 1.84 bits per heavy atom. The molecule has 106 valence electrons. The Morgan fingerprint density at radius 3 is 2.47 bits per heavy atom. The lowest BCUT2D eigenvalue weighted by Gasteiger charge is -2.12. The van der Waals surface area contributed by atoms with Gasteiger partial charge in [0.15, 0.2) is 16.6 Å². The average Bonchev–Trinajstić information content (AvgIpc) is 2.45. The van der Waals surface area contributed by atoms with Gasteiger partial charge in [-0.05, 0) is 29.9 Å². The van der Waals surface area contributed by atoms with Gasteiger partial charge >= 0.3 is 0 Å². The zero-order chi connectivity index (χ0) is 14.1. The summed E-state index contributed by atoms with van der Waals surface area (Å²) in [6, 6.07) is 5.76. The van der Waals surface area contributed by atoms with Gasteiger partial charge in [-0.1, -0.05) is 6.07 Å². The van der Waals surface area contributed by atoms with Gasteiger partial charge in [0.25, 0.3) is 0 Å². The molecular weight excluding hydrogens is 264 g/mol. The van der Waals surface area contributed by atoms with Crippen molar-refractivity contribution in [2.45, 2.75) is 6.54 Å². The summed E-state index contributed by atoms with van der Waals surface area (Å²) in [6.45, 7) is 1.94. The minimum absolute atomic E-state index is 0.604. The molecule has 0 fully saturated rings. The first-order valence-corrected chi connectivity index (χ1v) is 6.33. The molecule has 2 N–H and O–H groups in total. The number of rotatable bonds is 7. The van der Waals surface area contributed by atoms with E-state index in [-0.39, 0.29) is 0 Å². The number of benzene rings is 1. The van der Waals surface area contributed by atoms with Crippen LogP contribution in [0.2, 0.25) is 0 Å². The molecule has 0 aliphatic heterocycles. The van der Waals surface area contributed by atoms with Gasteiger partial charge in [-0.3, -0.25) is 0 Å². The van der Waals surface area contributed by atoms with Crippen LogP contribution < -0.4 is 20.1 Å². The highest BCUT2D eigenvalue weighted by atomic mass is 32.1. The van der Waals surface area contributed by atoms with Crippen LogP contribution >= 0.6 is 12.2 Å². The Kier molecular flexibility index (Phi) is 6.99. The Labute approximate surface area is 119 Å². The van der Waals surface area contributed by atoms with Crippen LogP contribution in [0.5, 0.6) is 11.5 Å². The predicted octanol–water partition coefficient (Wildman–Crippen LogP) is 1.31. The molecule has 0 aliphatic carbocycles. The van der Waals surface area contributed by atoms with Gasteiger partial charge in [-0.15, -0.1) is 0 Å². The maximum absolute atomic E-state index is 5.25. The average molecular weight is 284 g/mol. The van der Waals surface area contributed by atoms with Crippen LogP contribution in [0.4, 0.5) is 0 Å². The number of hydrogen-bond acceptors (Lipinski definition) is 4. The minimum Gasteiger partial charge on any atom is -0.493 e. The van der Waals surface area contributed by atoms with Gasteiger partial charge in [0.05, 0.1) is 20.8 Å². The third-order valence-electron chi connectivity index (χ3n) is 2.49. The molecule has 0 saturated heterocycles. The molecule has 0 amide bonds. The molecule has 6 heteroatoms. The fourth-order valence-corrected chi connectivity index (χ4v) is 1.68. The molecule has 0 heterocycles. The summed E-state index contributed by atoms with van der Waals surface area (Å²) < 4.78 is 15.4. The van der Waals surface area contributed by atoms with E-state index in [0.717, 1.165) is 5.56 Å². The second-order valence-corrected chi connectivity index (χ2v) is 4.20. The van der Waals surface area contributed by atoms with Crippen molar-refractivity contribution in [3.05, 3.63) is 23.8 Å². The fourth-order valence-electron chi connectivity index (χ4n) is 1.50. The van der Waals surface area contributed by atoms with Gasteiger partial charge in [0.1, 0.15) is 0 Å². The summed E-state index contributed by atoms with van der Waals surface area (Å²) >= 11 is 5.14. The number of hydrogen-bond donors (Lipinski definition) is 2. The summed E-state index contributed by atoms with van der Waals surface area (Å²) in [5.74, 6) is 1.42. The number of thiocarbonyl (C=S) groups is 1. The highest BCUT2D eigenvalue weighted by Crippen LogP contribution is 2.27. The molecular formula is C13H20N2O3S. The quantitative estimate of drug-likeness (QED) is 0.582. The zero-order valence-corrected chi connectivity index (χ0v) is 12.3. The molecule has 0 unspecified atom stereocenters. The van der Waals surface area contributed by atoms with Crippen molar-refractivity contribution >= 4 is 17.3 Å². The van der Waals surface area contributed by atoms with Crippen LogP contribution in [0, 0.1) is 0 Å². The molecule has 0 atom stereocenters. The van der Waals surface area contributed by atoms with Crippen LogP contribution in [-0.2, 0) is 11.3 Å². The Balaban J connectivity index is 2.47. The Hall–Kier alpha value is -1.53. The maximum atomic E-state index is 5.25. The van der Waals surface area contributed by atoms with Crippen LogP contribution in [0.25, 0.3) is 0 Å². The predicted molar refractivity (Wildman–Crippen MR) is 78.9 cm³/mol. The zero-order valence-electron chi connectivity index (χ0n) is 11.5. The lowest BCUT2D eigenvalue weighted by Crippen LogP contribution is -2.36. The molecule has 0 aliphatic rings.